The fourth-order valence-corrected chi connectivity index (χ4v) is 3.35. The number of halogens is 2. The van der Waals surface area contributed by atoms with Crippen molar-refractivity contribution in [2.24, 2.45) is 7.05 Å². The second-order valence-corrected chi connectivity index (χ2v) is 7.55. The maximum Gasteiger partial charge on any atom is 0.253 e. The highest BCUT2D eigenvalue weighted by Gasteiger charge is 2.16. The van der Waals surface area contributed by atoms with Crippen LogP contribution in [0.15, 0.2) is 51.8 Å². The summed E-state index contributed by atoms with van der Waals surface area (Å²) in [4.78, 5) is 14.4. The second kappa shape index (κ2) is 7.53. The van der Waals surface area contributed by atoms with E-state index in [0.717, 1.165) is 20.2 Å². The quantitative estimate of drug-likeness (QED) is 0.578. The van der Waals surface area contributed by atoms with E-state index in [-0.39, 0.29) is 5.91 Å². The number of benzene rings is 1. The van der Waals surface area contributed by atoms with Crippen LogP contribution in [0.1, 0.15) is 21.6 Å². The molecular weight excluding hydrogens is 450 g/mol. The van der Waals surface area contributed by atoms with E-state index in [1.165, 1.54) is 0 Å². The van der Waals surface area contributed by atoms with Crippen LogP contribution in [0.2, 0.25) is 0 Å². The molecule has 0 saturated heterocycles. The van der Waals surface area contributed by atoms with Crippen molar-refractivity contribution >= 4 is 37.8 Å². The Morgan fingerprint density at radius 2 is 2.04 bits per heavy atom. The second-order valence-electron chi connectivity index (χ2n) is 5.78. The first kappa shape index (κ1) is 17.9. The lowest BCUT2D eigenvalue weighted by molar-refractivity contribution is 0.0781. The van der Waals surface area contributed by atoms with Crippen LogP contribution in [0.4, 0.5) is 0 Å². The van der Waals surface area contributed by atoms with Crippen LogP contribution in [-0.2, 0) is 20.1 Å². The van der Waals surface area contributed by atoms with E-state index in [2.05, 4.69) is 42.1 Å². The fourth-order valence-electron chi connectivity index (χ4n) is 2.55. The van der Waals surface area contributed by atoms with Gasteiger partial charge in [0, 0.05) is 25.9 Å². The number of hydrogen-bond acceptors (Lipinski definition) is 3. The minimum absolute atomic E-state index is 0.0309. The number of carbonyl (C=O) groups is 1. The summed E-state index contributed by atoms with van der Waals surface area (Å²) in [7, 11) is 3.65. The van der Waals surface area contributed by atoms with Gasteiger partial charge in [0.1, 0.15) is 0 Å². The number of nitrogens with zero attached hydrogens (tertiary/aromatic N) is 5. The number of aromatic nitrogens is 4. The van der Waals surface area contributed by atoms with Crippen LogP contribution >= 0.6 is 31.9 Å². The maximum atomic E-state index is 12.8. The molecule has 0 bridgehead atoms. The third-order valence-corrected chi connectivity index (χ3v) is 4.94. The van der Waals surface area contributed by atoms with Gasteiger partial charge in [0.25, 0.3) is 5.91 Å². The number of aryl methyl sites for hydroxylation is 1. The van der Waals surface area contributed by atoms with Gasteiger partial charge in [0.15, 0.2) is 0 Å². The molecule has 0 unspecified atom stereocenters. The van der Waals surface area contributed by atoms with Gasteiger partial charge in [-0.3, -0.25) is 14.2 Å². The van der Waals surface area contributed by atoms with Crippen molar-refractivity contribution in [2.45, 2.75) is 13.1 Å². The van der Waals surface area contributed by atoms with Gasteiger partial charge in [0.2, 0.25) is 0 Å². The predicted octanol–water partition coefficient (Wildman–Crippen LogP) is 3.46. The summed E-state index contributed by atoms with van der Waals surface area (Å²) in [6.07, 6.45) is 5.38. The molecule has 1 aromatic carbocycles. The van der Waals surface area contributed by atoms with Crippen LogP contribution in [0.25, 0.3) is 0 Å². The molecule has 2 heterocycles. The molecule has 1 amide bonds. The van der Waals surface area contributed by atoms with Gasteiger partial charge in [-0.05, 0) is 49.6 Å². The van der Waals surface area contributed by atoms with E-state index < -0.39 is 0 Å². The lowest BCUT2D eigenvalue weighted by Gasteiger charge is -2.18. The zero-order valence-corrected chi connectivity index (χ0v) is 17.0. The molecule has 8 heteroatoms. The van der Waals surface area contributed by atoms with Gasteiger partial charge >= 0.3 is 0 Å². The molecule has 0 aliphatic carbocycles. The molecule has 3 aromatic rings. The van der Waals surface area contributed by atoms with Gasteiger partial charge in [-0.15, -0.1) is 0 Å². The first-order valence-electron chi connectivity index (χ1n) is 7.63. The molecule has 0 saturated carbocycles. The Labute approximate surface area is 162 Å². The zero-order valence-electron chi connectivity index (χ0n) is 13.9. The zero-order chi connectivity index (χ0) is 18.0. The first-order valence-corrected chi connectivity index (χ1v) is 9.21. The van der Waals surface area contributed by atoms with Crippen LogP contribution in [0, 0.1) is 0 Å². The van der Waals surface area contributed by atoms with E-state index in [4.69, 9.17) is 0 Å². The molecule has 0 aliphatic heterocycles. The molecule has 0 atom stereocenters. The lowest BCUT2D eigenvalue weighted by Crippen LogP contribution is -2.27. The summed E-state index contributed by atoms with van der Waals surface area (Å²) >= 11 is 6.85. The van der Waals surface area contributed by atoms with Crippen molar-refractivity contribution in [1.29, 1.82) is 0 Å². The average molecular weight is 467 g/mol. The monoisotopic (exact) mass is 465 g/mol. The summed E-state index contributed by atoms with van der Waals surface area (Å²) in [6, 6.07) is 7.63. The van der Waals surface area contributed by atoms with Gasteiger partial charge < -0.3 is 4.90 Å². The molecule has 6 nitrogen and oxygen atoms in total. The largest absolute Gasteiger partial charge is 0.336 e. The minimum atomic E-state index is -0.0309. The van der Waals surface area contributed by atoms with E-state index in [9.17, 15) is 4.79 Å². The molecule has 0 spiro atoms. The molecular formula is C17H17Br2N5O. The van der Waals surface area contributed by atoms with Crippen molar-refractivity contribution in [3.63, 3.8) is 0 Å². The summed E-state index contributed by atoms with van der Waals surface area (Å²) < 4.78 is 5.41. The Morgan fingerprint density at radius 3 is 2.68 bits per heavy atom. The third kappa shape index (κ3) is 4.19. The van der Waals surface area contributed by atoms with Gasteiger partial charge in [-0.1, -0.05) is 12.1 Å². The van der Waals surface area contributed by atoms with Crippen LogP contribution in [0.5, 0.6) is 0 Å². The Morgan fingerprint density at radius 1 is 1.24 bits per heavy atom. The van der Waals surface area contributed by atoms with Crippen molar-refractivity contribution < 1.29 is 4.79 Å². The Hall–Kier alpha value is -1.93. The number of amides is 1. The van der Waals surface area contributed by atoms with Crippen molar-refractivity contribution in [3.05, 3.63) is 68.6 Å². The van der Waals surface area contributed by atoms with E-state index in [1.807, 2.05) is 42.2 Å². The summed E-state index contributed by atoms with van der Waals surface area (Å²) in [6.45, 7) is 1.09. The molecule has 0 aliphatic rings. The van der Waals surface area contributed by atoms with Gasteiger partial charge in [0.05, 0.1) is 40.1 Å². The van der Waals surface area contributed by atoms with Gasteiger partial charge in [-0.2, -0.15) is 10.2 Å². The van der Waals surface area contributed by atoms with E-state index in [0.29, 0.717) is 18.7 Å². The minimum Gasteiger partial charge on any atom is -0.336 e. The number of rotatable bonds is 5. The third-order valence-electron chi connectivity index (χ3n) is 3.86. The number of hydrogen-bond donors (Lipinski definition) is 0. The smallest absolute Gasteiger partial charge is 0.253 e. The van der Waals surface area contributed by atoms with Crippen LogP contribution in [-0.4, -0.2) is 37.4 Å². The molecule has 0 radical (unpaired) electrons. The van der Waals surface area contributed by atoms with Crippen LogP contribution < -0.4 is 0 Å². The van der Waals surface area contributed by atoms with E-state index in [1.54, 1.807) is 29.0 Å². The molecule has 130 valence electrons. The Balaban J connectivity index is 1.74. The Bertz CT molecular complexity index is 883. The standard InChI is InChI=1S/C17H17Br2N5O/c1-22(11-16-15(19)8-20-23(16)2)17(25)13-5-3-4-12(6-13)9-24-10-14(18)7-21-24/h3-8,10H,9,11H2,1-2H3. The highest BCUT2D eigenvalue weighted by molar-refractivity contribution is 9.10. The van der Waals surface area contributed by atoms with E-state index >= 15 is 0 Å². The normalized spacial score (nSPS) is 10.9. The van der Waals surface area contributed by atoms with Crippen molar-refractivity contribution in [3.8, 4) is 0 Å². The first-order chi connectivity index (χ1) is 11.9. The average Bonchev–Trinajstić information content (AvgIpc) is 3.14. The van der Waals surface area contributed by atoms with Crippen molar-refractivity contribution in [1.82, 2.24) is 24.5 Å². The fraction of sp³-hybridized carbons (Fsp3) is 0.235. The Kier molecular flexibility index (Phi) is 5.39. The molecule has 3 rings (SSSR count). The van der Waals surface area contributed by atoms with Crippen molar-refractivity contribution in [2.75, 3.05) is 7.05 Å². The maximum absolute atomic E-state index is 12.8. The molecule has 0 fully saturated rings. The van der Waals surface area contributed by atoms with Gasteiger partial charge in [-0.25, -0.2) is 0 Å². The van der Waals surface area contributed by atoms with Crippen LogP contribution in [0.3, 0.4) is 0 Å². The predicted molar refractivity (Wildman–Crippen MR) is 102 cm³/mol. The summed E-state index contributed by atoms with van der Waals surface area (Å²) in [5.74, 6) is -0.0309. The molecule has 2 aromatic heterocycles. The SMILES string of the molecule is CN(Cc1c(Br)cnn1C)C(=O)c1cccc(Cn2cc(Br)cn2)c1. The highest BCUT2D eigenvalue weighted by Crippen LogP contribution is 2.18. The lowest BCUT2D eigenvalue weighted by atomic mass is 10.1. The summed E-state index contributed by atoms with van der Waals surface area (Å²) in [5, 5.41) is 8.43. The highest BCUT2D eigenvalue weighted by atomic mass is 79.9. The molecule has 0 N–H and O–H groups in total. The molecule has 25 heavy (non-hydrogen) atoms. The topological polar surface area (TPSA) is 56.0 Å². The number of carbonyl (C=O) groups excluding carboxylic acids is 1. The summed E-state index contributed by atoms with van der Waals surface area (Å²) in [5.41, 5.74) is 2.63.